The minimum Gasteiger partial charge on any atom is -0.451 e. The molecule has 0 aliphatic rings. The highest BCUT2D eigenvalue weighted by Crippen LogP contribution is 2.33. The summed E-state index contributed by atoms with van der Waals surface area (Å²) in [7, 11) is 0. The van der Waals surface area contributed by atoms with E-state index in [4.69, 9.17) is 27.6 Å². The second-order valence-electron chi connectivity index (χ2n) is 5.85. The van der Waals surface area contributed by atoms with Gasteiger partial charge in [-0.05, 0) is 37.3 Å². The molecule has 5 nitrogen and oxygen atoms in total. The standard InChI is InChI=1S/C19H13Cl2N3O2S/c1-10-22-17-14-4-2-3-5-15(14)26-18(17)19(23-10)27-9-16(25)24-13-7-11(20)6-12(21)8-13/h2-8H,9H2,1H3,(H,24,25). The summed E-state index contributed by atoms with van der Waals surface area (Å²) in [5.41, 5.74) is 2.63. The Morgan fingerprint density at radius 2 is 1.89 bits per heavy atom. The number of furan rings is 1. The monoisotopic (exact) mass is 417 g/mol. The van der Waals surface area contributed by atoms with E-state index in [1.54, 1.807) is 18.2 Å². The highest BCUT2D eigenvalue weighted by molar-refractivity contribution is 8.00. The average Bonchev–Trinajstić information content (AvgIpc) is 2.97. The Morgan fingerprint density at radius 3 is 2.67 bits per heavy atom. The number of anilines is 1. The number of aromatic nitrogens is 2. The third kappa shape index (κ3) is 3.88. The number of hydrogen-bond acceptors (Lipinski definition) is 5. The van der Waals surface area contributed by atoms with Crippen molar-refractivity contribution < 1.29 is 9.21 Å². The first kappa shape index (κ1) is 18.1. The summed E-state index contributed by atoms with van der Waals surface area (Å²) in [5.74, 6) is 0.588. The molecule has 8 heteroatoms. The van der Waals surface area contributed by atoms with Gasteiger partial charge in [-0.2, -0.15) is 0 Å². The minimum atomic E-state index is -0.196. The molecular weight excluding hydrogens is 405 g/mol. The topological polar surface area (TPSA) is 68.0 Å². The number of hydrogen-bond donors (Lipinski definition) is 1. The molecule has 0 unspecified atom stereocenters. The van der Waals surface area contributed by atoms with Crippen LogP contribution in [-0.4, -0.2) is 21.6 Å². The lowest BCUT2D eigenvalue weighted by Crippen LogP contribution is -2.14. The van der Waals surface area contributed by atoms with Gasteiger partial charge in [-0.25, -0.2) is 9.97 Å². The number of thioether (sulfide) groups is 1. The number of aryl methyl sites for hydroxylation is 1. The highest BCUT2D eigenvalue weighted by Gasteiger charge is 2.16. The molecule has 4 rings (SSSR count). The Morgan fingerprint density at radius 1 is 1.15 bits per heavy atom. The van der Waals surface area contributed by atoms with Crippen molar-refractivity contribution in [3.05, 3.63) is 58.3 Å². The van der Waals surface area contributed by atoms with E-state index < -0.39 is 0 Å². The zero-order chi connectivity index (χ0) is 19.0. The van der Waals surface area contributed by atoms with Crippen molar-refractivity contribution in [3.8, 4) is 0 Å². The fourth-order valence-electron chi connectivity index (χ4n) is 2.73. The smallest absolute Gasteiger partial charge is 0.234 e. The molecular formula is C19H13Cl2N3O2S. The normalized spacial score (nSPS) is 11.2. The minimum absolute atomic E-state index is 0.159. The highest BCUT2D eigenvalue weighted by atomic mass is 35.5. The van der Waals surface area contributed by atoms with Crippen molar-refractivity contribution in [2.45, 2.75) is 11.9 Å². The van der Waals surface area contributed by atoms with Crippen LogP contribution in [0.5, 0.6) is 0 Å². The van der Waals surface area contributed by atoms with E-state index in [-0.39, 0.29) is 11.7 Å². The summed E-state index contributed by atoms with van der Waals surface area (Å²) in [6.07, 6.45) is 0. The maximum atomic E-state index is 12.3. The van der Waals surface area contributed by atoms with E-state index in [2.05, 4.69) is 15.3 Å². The molecule has 0 aliphatic heterocycles. The largest absolute Gasteiger partial charge is 0.451 e. The van der Waals surface area contributed by atoms with E-state index in [0.29, 0.717) is 32.2 Å². The number of carbonyl (C=O) groups excluding carboxylic acids is 1. The molecule has 0 aliphatic carbocycles. The lowest BCUT2D eigenvalue weighted by molar-refractivity contribution is -0.113. The van der Waals surface area contributed by atoms with Gasteiger partial charge in [-0.15, -0.1) is 0 Å². The molecule has 0 saturated heterocycles. The van der Waals surface area contributed by atoms with Crippen molar-refractivity contribution in [3.63, 3.8) is 0 Å². The number of carbonyl (C=O) groups is 1. The second kappa shape index (κ2) is 7.38. The number of benzene rings is 2. The van der Waals surface area contributed by atoms with Gasteiger partial charge in [0.2, 0.25) is 5.91 Å². The number of nitrogens with zero attached hydrogens (tertiary/aromatic N) is 2. The Labute approximate surface area is 169 Å². The molecule has 2 heterocycles. The summed E-state index contributed by atoms with van der Waals surface area (Å²) in [6, 6.07) is 12.6. The number of rotatable bonds is 4. The van der Waals surface area contributed by atoms with Gasteiger partial charge in [0.15, 0.2) is 5.58 Å². The summed E-state index contributed by atoms with van der Waals surface area (Å²) >= 11 is 13.2. The summed E-state index contributed by atoms with van der Waals surface area (Å²) < 4.78 is 5.91. The Balaban J connectivity index is 1.57. The molecule has 0 bridgehead atoms. The van der Waals surface area contributed by atoms with E-state index in [1.165, 1.54) is 11.8 Å². The van der Waals surface area contributed by atoms with Gasteiger partial charge >= 0.3 is 0 Å². The Kier molecular flexibility index (Phi) is 4.95. The molecule has 4 aromatic rings. The molecule has 27 heavy (non-hydrogen) atoms. The summed E-state index contributed by atoms with van der Waals surface area (Å²) in [4.78, 5) is 21.2. The zero-order valence-electron chi connectivity index (χ0n) is 14.1. The molecule has 0 spiro atoms. The fraction of sp³-hybridized carbons (Fsp3) is 0.105. The van der Waals surface area contributed by atoms with Gasteiger partial charge in [-0.3, -0.25) is 4.79 Å². The first-order valence-electron chi connectivity index (χ1n) is 8.04. The first-order chi connectivity index (χ1) is 13.0. The maximum Gasteiger partial charge on any atom is 0.234 e. The quantitative estimate of drug-likeness (QED) is 0.339. The Bertz CT molecular complexity index is 1160. The van der Waals surface area contributed by atoms with Gasteiger partial charge in [0.25, 0.3) is 0 Å². The van der Waals surface area contributed by atoms with E-state index in [9.17, 15) is 4.79 Å². The molecule has 0 fully saturated rings. The predicted molar refractivity (Wildman–Crippen MR) is 110 cm³/mol. The number of halogens is 2. The SMILES string of the molecule is Cc1nc(SCC(=O)Nc2cc(Cl)cc(Cl)c2)c2oc3ccccc3c2n1. The van der Waals surface area contributed by atoms with Crippen molar-refractivity contribution in [1.29, 1.82) is 0 Å². The van der Waals surface area contributed by atoms with Crippen LogP contribution in [0.2, 0.25) is 10.0 Å². The predicted octanol–water partition coefficient (Wildman–Crippen LogP) is 5.72. The molecule has 0 radical (unpaired) electrons. The molecule has 0 saturated carbocycles. The number of para-hydroxylation sites is 1. The second-order valence-corrected chi connectivity index (χ2v) is 7.68. The molecule has 2 aromatic heterocycles. The van der Waals surface area contributed by atoms with E-state index in [1.807, 2.05) is 31.2 Å². The van der Waals surface area contributed by atoms with E-state index >= 15 is 0 Å². The van der Waals surface area contributed by atoms with Crippen LogP contribution in [0, 0.1) is 6.92 Å². The molecule has 2 aromatic carbocycles. The zero-order valence-corrected chi connectivity index (χ0v) is 16.5. The van der Waals surface area contributed by atoms with Gasteiger partial charge < -0.3 is 9.73 Å². The number of fused-ring (bicyclic) bond motifs is 3. The molecule has 1 amide bonds. The van der Waals surface area contributed by atoms with Crippen LogP contribution in [-0.2, 0) is 4.79 Å². The van der Waals surface area contributed by atoms with Gasteiger partial charge in [0.05, 0.1) is 5.75 Å². The number of amides is 1. The van der Waals surface area contributed by atoms with Crippen LogP contribution in [0.3, 0.4) is 0 Å². The lowest BCUT2D eigenvalue weighted by Gasteiger charge is -2.06. The Hall–Kier alpha value is -2.28. The van der Waals surface area contributed by atoms with Crippen LogP contribution in [0.25, 0.3) is 22.1 Å². The third-order valence-electron chi connectivity index (χ3n) is 3.79. The average molecular weight is 418 g/mol. The van der Waals surface area contributed by atoms with Crippen LogP contribution < -0.4 is 5.32 Å². The summed E-state index contributed by atoms with van der Waals surface area (Å²) in [5, 5.41) is 5.26. The van der Waals surface area contributed by atoms with Crippen LogP contribution in [0.1, 0.15) is 5.82 Å². The number of nitrogens with one attached hydrogen (secondary N) is 1. The van der Waals surface area contributed by atoms with Gasteiger partial charge in [-0.1, -0.05) is 47.1 Å². The summed E-state index contributed by atoms with van der Waals surface area (Å²) in [6.45, 7) is 1.82. The van der Waals surface area contributed by atoms with Crippen molar-refractivity contribution in [2.75, 3.05) is 11.1 Å². The molecule has 136 valence electrons. The fourth-order valence-corrected chi connectivity index (χ4v) is 4.06. The van der Waals surface area contributed by atoms with Crippen molar-refractivity contribution in [2.24, 2.45) is 0 Å². The lowest BCUT2D eigenvalue weighted by atomic mass is 10.2. The first-order valence-corrected chi connectivity index (χ1v) is 9.78. The molecule has 1 N–H and O–H groups in total. The van der Waals surface area contributed by atoms with Gasteiger partial charge in [0.1, 0.15) is 22.0 Å². The van der Waals surface area contributed by atoms with Crippen molar-refractivity contribution >= 4 is 68.6 Å². The van der Waals surface area contributed by atoms with Crippen LogP contribution in [0.15, 0.2) is 51.9 Å². The maximum absolute atomic E-state index is 12.3. The molecule has 0 atom stereocenters. The van der Waals surface area contributed by atoms with Crippen LogP contribution in [0.4, 0.5) is 5.69 Å². The van der Waals surface area contributed by atoms with Crippen LogP contribution >= 0.6 is 35.0 Å². The van der Waals surface area contributed by atoms with Gasteiger partial charge in [0, 0.05) is 21.1 Å². The van der Waals surface area contributed by atoms with Crippen molar-refractivity contribution in [1.82, 2.24) is 9.97 Å². The third-order valence-corrected chi connectivity index (χ3v) is 5.18. The van der Waals surface area contributed by atoms with E-state index in [0.717, 1.165) is 16.5 Å².